The van der Waals surface area contributed by atoms with Crippen LogP contribution in [0.25, 0.3) is 22.3 Å². The summed E-state index contributed by atoms with van der Waals surface area (Å²) in [7, 11) is 0. The highest BCUT2D eigenvalue weighted by Gasteiger charge is 2.20. The Balaban J connectivity index is 1.59. The molecule has 2 N–H and O–H groups in total. The number of unbranched alkanes of at least 4 members (excludes halogenated alkanes) is 1. The fraction of sp³-hybridized carbons (Fsp3) is 0.480. The highest BCUT2D eigenvalue weighted by Crippen LogP contribution is 2.21. The second-order valence-corrected chi connectivity index (χ2v) is 9.16. The molecule has 0 aliphatic heterocycles. The molecule has 10 nitrogen and oxygen atoms in total. The molecule has 0 spiro atoms. The average Bonchev–Trinajstić information content (AvgIpc) is 3.38. The van der Waals surface area contributed by atoms with Crippen molar-refractivity contribution in [1.82, 2.24) is 24.1 Å². The zero-order valence-electron chi connectivity index (χ0n) is 20.7. The van der Waals surface area contributed by atoms with E-state index in [4.69, 9.17) is 4.42 Å². The number of benzene rings is 1. The van der Waals surface area contributed by atoms with Crippen molar-refractivity contribution in [2.75, 3.05) is 5.32 Å². The standard InChI is InChI=1S/C25H32N6O4/c1-5-7-12-30-23-22(24(33)29-25(30)34)31(14-15(3)4)19(28-23)10-11-20(32)26-16-8-9-18-17(13-16)27-21(6-2)35-18/h8-9,13,15H,5-7,10-12,14H2,1-4H3,(H,26,32)(H,29,33,34). The van der Waals surface area contributed by atoms with Crippen LogP contribution < -0.4 is 16.6 Å². The van der Waals surface area contributed by atoms with Crippen LogP contribution >= 0.6 is 0 Å². The van der Waals surface area contributed by atoms with Crippen molar-refractivity contribution in [1.29, 1.82) is 0 Å². The summed E-state index contributed by atoms with van der Waals surface area (Å²) in [6.07, 6.45) is 2.91. The first kappa shape index (κ1) is 24.4. The molecule has 0 saturated carbocycles. The topological polar surface area (TPSA) is 128 Å². The Bertz CT molecular complexity index is 1470. The van der Waals surface area contributed by atoms with Gasteiger partial charge in [0.2, 0.25) is 5.91 Å². The molecule has 0 atom stereocenters. The summed E-state index contributed by atoms with van der Waals surface area (Å²) in [5, 5.41) is 2.90. The Labute approximate surface area is 202 Å². The van der Waals surface area contributed by atoms with Gasteiger partial charge in [0.1, 0.15) is 11.3 Å². The maximum Gasteiger partial charge on any atom is 0.330 e. The number of amides is 1. The van der Waals surface area contributed by atoms with Crippen molar-refractivity contribution in [2.45, 2.75) is 72.9 Å². The number of carbonyl (C=O) groups excluding carboxylic acids is 1. The summed E-state index contributed by atoms with van der Waals surface area (Å²) < 4.78 is 9.00. The lowest BCUT2D eigenvalue weighted by Gasteiger charge is -2.11. The number of aromatic nitrogens is 5. The van der Waals surface area contributed by atoms with Gasteiger partial charge in [-0.25, -0.2) is 14.8 Å². The molecule has 0 radical (unpaired) electrons. The van der Waals surface area contributed by atoms with Crippen LogP contribution in [0, 0.1) is 5.92 Å². The van der Waals surface area contributed by atoms with Crippen LogP contribution in [0.5, 0.6) is 0 Å². The number of rotatable bonds is 10. The zero-order valence-corrected chi connectivity index (χ0v) is 20.7. The first-order valence-corrected chi connectivity index (χ1v) is 12.2. The number of nitrogens with zero attached hydrogens (tertiary/aromatic N) is 4. The third-order valence-corrected chi connectivity index (χ3v) is 5.84. The van der Waals surface area contributed by atoms with E-state index in [1.165, 1.54) is 4.57 Å². The number of aromatic amines is 1. The molecule has 1 amide bonds. The third kappa shape index (κ3) is 5.21. The normalized spacial score (nSPS) is 11.7. The molecule has 0 unspecified atom stereocenters. The number of nitrogens with one attached hydrogen (secondary N) is 2. The van der Waals surface area contributed by atoms with E-state index in [9.17, 15) is 14.4 Å². The van der Waals surface area contributed by atoms with E-state index >= 15 is 0 Å². The summed E-state index contributed by atoms with van der Waals surface area (Å²) in [4.78, 5) is 49.5. The molecular weight excluding hydrogens is 448 g/mol. The lowest BCUT2D eigenvalue weighted by Crippen LogP contribution is -2.31. The number of anilines is 1. The van der Waals surface area contributed by atoms with Crippen LogP contribution in [0.1, 0.15) is 58.7 Å². The Morgan fingerprint density at radius 2 is 1.97 bits per heavy atom. The molecule has 3 aromatic heterocycles. The molecule has 10 heteroatoms. The van der Waals surface area contributed by atoms with Crippen LogP contribution in [0.2, 0.25) is 0 Å². The SMILES string of the molecule is CCCCn1c(=O)[nH]c(=O)c2c1nc(CCC(=O)Nc1ccc3oc(CC)nc3c1)n2CC(C)C. The minimum absolute atomic E-state index is 0.176. The molecule has 1 aromatic carbocycles. The predicted molar refractivity (Wildman–Crippen MR) is 135 cm³/mol. The quantitative estimate of drug-likeness (QED) is 0.357. The molecule has 0 saturated heterocycles. The molecular formula is C25H32N6O4. The Morgan fingerprint density at radius 1 is 1.17 bits per heavy atom. The molecule has 35 heavy (non-hydrogen) atoms. The molecule has 4 rings (SSSR count). The highest BCUT2D eigenvalue weighted by molar-refractivity contribution is 5.92. The van der Waals surface area contributed by atoms with E-state index in [-0.39, 0.29) is 18.2 Å². The summed E-state index contributed by atoms with van der Waals surface area (Å²) in [5.74, 6) is 1.34. The Kier molecular flexibility index (Phi) is 7.18. The zero-order chi connectivity index (χ0) is 25.1. The van der Waals surface area contributed by atoms with Crippen LogP contribution in [0.15, 0.2) is 32.2 Å². The Morgan fingerprint density at radius 3 is 2.69 bits per heavy atom. The van der Waals surface area contributed by atoms with Gasteiger partial charge in [-0.05, 0) is 30.5 Å². The van der Waals surface area contributed by atoms with Crippen molar-refractivity contribution in [3.8, 4) is 0 Å². The van der Waals surface area contributed by atoms with Gasteiger partial charge in [-0.2, -0.15) is 0 Å². The minimum Gasteiger partial charge on any atom is -0.441 e. The number of oxazole rings is 1. The Hall–Kier alpha value is -3.69. The van der Waals surface area contributed by atoms with E-state index in [2.05, 4.69) is 20.3 Å². The second-order valence-electron chi connectivity index (χ2n) is 9.16. The molecule has 0 aliphatic rings. The van der Waals surface area contributed by atoms with Crippen molar-refractivity contribution in [3.05, 3.63) is 50.8 Å². The molecule has 0 aliphatic carbocycles. The van der Waals surface area contributed by atoms with E-state index in [0.717, 1.165) is 12.8 Å². The average molecular weight is 481 g/mol. The van der Waals surface area contributed by atoms with Gasteiger partial charge in [0, 0.05) is 38.0 Å². The maximum atomic E-state index is 12.7. The van der Waals surface area contributed by atoms with E-state index in [1.54, 1.807) is 18.2 Å². The van der Waals surface area contributed by atoms with Gasteiger partial charge in [0.25, 0.3) is 5.56 Å². The van der Waals surface area contributed by atoms with E-state index in [0.29, 0.717) is 65.6 Å². The van der Waals surface area contributed by atoms with Gasteiger partial charge >= 0.3 is 5.69 Å². The number of H-pyrrole nitrogens is 1. The predicted octanol–water partition coefficient (Wildman–Crippen LogP) is 3.62. The van der Waals surface area contributed by atoms with Gasteiger partial charge in [-0.15, -0.1) is 0 Å². The molecule has 186 valence electrons. The smallest absolute Gasteiger partial charge is 0.330 e. The fourth-order valence-electron chi connectivity index (χ4n) is 4.15. The summed E-state index contributed by atoms with van der Waals surface area (Å²) in [5.41, 5.74) is 1.88. The first-order valence-electron chi connectivity index (χ1n) is 12.2. The van der Waals surface area contributed by atoms with E-state index < -0.39 is 11.2 Å². The minimum atomic E-state index is -0.455. The number of imidazole rings is 1. The third-order valence-electron chi connectivity index (χ3n) is 5.84. The number of hydrogen-bond acceptors (Lipinski definition) is 6. The van der Waals surface area contributed by atoms with Gasteiger partial charge in [-0.3, -0.25) is 19.1 Å². The van der Waals surface area contributed by atoms with Crippen molar-refractivity contribution in [2.24, 2.45) is 5.92 Å². The molecule has 0 bridgehead atoms. The second kappa shape index (κ2) is 10.3. The number of carbonyl (C=O) groups is 1. The van der Waals surface area contributed by atoms with E-state index in [1.807, 2.05) is 32.3 Å². The van der Waals surface area contributed by atoms with Crippen LogP contribution in [0.4, 0.5) is 5.69 Å². The molecule has 0 fully saturated rings. The summed E-state index contributed by atoms with van der Waals surface area (Å²) in [6.45, 7) is 9.15. The monoisotopic (exact) mass is 480 g/mol. The van der Waals surface area contributed by atoms with Gasteiger partial charge in [0.15, 0.2) is 22.6 Å². The number of aryl methyl sites for hydroxylation is 3. The van der Waals surface area contributed by atoms with Gasteiger partial charge in [0.05, 0.1) is 0 Å². The first-order chi connectivity index (χ1) is 16.8. The van der Waals surface area contributed by atoms with Gasteiger partial charge in [-0.1, -0.05) is 34.1 Å². The molecule has 3 heterocycles. The largest absolute Gasteiger partial charge is 0.441 e. The van der Waals surface area contributed by atoms with Crippen molar-refractivity contribution in [3.63, 3.8) is 0 Å². The maximum absolute atomic E-state index is 12.7. The number of fused-ring (bicyclic) bond motifs is 2. The highest BCUT2D eigenvalue weighted by atomic mass is 16.3. The lowest BCUT2D eigenvalue weighted by molar-refractivity contribution is -0.116. The van der Waals surface area contributed by atoms with Crippen molar-refractivity contribution >= 4 is 33.9 Å². The summed E-state index contributed by atoms with van der Waals surface area (Å²) in [6, 6.07) is 5.36. The van der Waals surface area contributed by atoms with Crippen molar-refractivity contribution < 1.29 is 9.21 Å². The fourth-order valence-corrected chi connectivity index (χ4v) is 4.15. The lowest BCUT2D eigenvalue weighted by atomic mass is 10.2. The number of hydrogen-bond donors (Lipinski definition) is 2. The van der Waals surface area contributed by atoms with Crippen LogP contribution in [-0.4, -0.2) is 30.0 Å². The van der Waals surface area contributed by atoms with Gasteiger partial charge < -0.3 is 14.3 Å². The van der Waals surface area contributed by atoms with Crippen LogP contribution in [0.3, 0.4) is 0 Å². The van der Waals surface area contributed by atoms with Crippen LogP contribution in [-0.2, 0) is 30.7 Å². The molecule has 4 aromatic rings. The summed E-state index contributed by atoms with van der Waals surface area (Å²) >= 11 is 0.